The van der Waals surface area contributed by atoms with Gasteiger partial charge in [-0.25, -0.2) is 9.98 Å². The number of rotatable bonds is 7. The molecule has 0 atom stereocenters. The normalized spacial score (nSPS) is 8.33. The van der Waals surface area contributed by atoms with Crippen molar-refractivity contribution in [1.29, 1.82) is 0 Å². The van der Waals surface area contributed by atoms with Gasteiger partial charge in [-0.1, -0.05) is 21.6 Å². The molecular weight excluding hydrogens is 228 g/mol. The molecule has 0 aromatic carbocycles. The highest BCUT2D eigenvalue weighted by Crippen LogP contribution is 2.19. The fraction of sp³-hybridized carbons (Fsp3) is 0.667. The van der Waals surface area contributed by atoms with Gasteiger partial charge < -0.3 is 0 Å². The third-order valence-electron chi connectivity index (χ3n) is 0.785. The molecule has 12 heavy (non-hydrogen) atoms. The molecule has 0 aromatic heterocycles. The van der Waals surface area contributed by atoms with Crippen LogP contribution in [0.5, 0.6) is 0 Å². The zero-order valence-corrected chi connectivity index (χ0v) is 9.62. The van der Waals surface area contributed by atoms with E-state index in [1.54, 1.807) is 21.6 Å². The van der Waals surface area contributed by atoms with E-state index >= 15 is 0 Å². The fourth-order valence-corrected chi connectivity index (χ4v) is 2.28. The smallest absolute Gasteiger partial charge is 0.0591 e. The summed E-state index contributed by atoms with van der Waals surface area (Å²) in [5.74, 6) is 1.94. The van der Waals surface area contributed by atoms with Crippen molar-refractivity contribution in [2.24, 2.45) is 9.98 Å². The summed E-state index contributed by atoms with van der Waals surface area (Å²) in [6.45, 7) is 1.50. The average Bonchev–Trinajstić information content (AvgIpc) is 2.10. The second-order valence-electron chi connectivity index (χ2n) is 1.59. The maximum Gasteiger partial charge on any atom is 0.0591 e. The Kier molecular flexibility index (Phi) is 11.6. The minimum Gasteiger partial charge on any atom is -0.232 e. The topological polar surface area (TPSA) is 24.7 Å². The number of hydrogen-bond acceptors (Lipinski definition) is 6. The summed E-state index contributed by atoms with van der Waals surface area (Å²) in [6, 6.07) is 0. The number of nitrogens with zero attached hydrogens (tertiary/aromatic N) is 2. The molecule has 0 aliphatic carbocycles. The Bertz CT molecular complexity index is 172. The molecule has 0 amide bonds. The highest BCUT2D eigenvalue weighted by Gasteiger charge is 1.87. The van der Waals surface area contributed by atoms with Crippen molar-refractivity contribution in [3.63, 3.8) is 0 Å². The molecule has 0 saturated carbocycles. The number of aliphatic imine (C=N–C) groups is 2. The third-order valence-corrected chi connectivity index (χ3v) is 3.41. The van der Waals surface area contributed by atoms with Crippen molar-refractivity contribution < 1.29 is 0 Å². The Balaban J connectivity index is 3.00. The molecule has 0 N–H and O–H groups in total. The lowest BCUT2D eigenvalue weighted by Crippen LogP contribution is -1.84. The van der Waals surface area contributed by atoms with E-state index in [4.69, 9.17) is 0 Å². The lowest BCUT2D eigenvalue weighted by atomic mass is 10.8. The molecule has 0 spiro atoms. The minimum atomic E-state index is 0.748. The van der Waals surface area contributed by atoms with Crippen molar-refractivity contribution in [3.05, 3.63) is 0 Å². The first-order chi connectivity index (χ1) is 5.91. The Hall–Kier alpha value is 0.300. The van der Waals surface area contributed by atoms with Crippen molar-refractivity contribution in [2.45, 2.75) is 0 Å². The van der Waals surface area contributed by atoms with E-state index in [9.17, 15) is 0 Å². The third kappa shape index (κ3) is 10.3. The molecule has 0 bridgehead atoms. The molecule has 0 aliphatic rings. The molecule has 0 fully saturated rings. The summed E-state index contributed by atoms with van der Waals surface area (Å²) in [6.07, 6.45) is 0. The van der Waals surface area contributed by atoms with Crippen molar-refractivity contribution in [1.82, 2.24) is 0 Å². The van der Waals surface area contributed by atoms with Crippen LogP contribution in [0.25, 0.3) is 0 Å². The van der Waals surface area contributed by atoms with Crippen LogP contribution < -0.4 is 0 Å². The van der Waals surface area contributed by atoms with Gasteiger partial charge in [0.05, 0.1) is 23.4 Å². The molecule has 6 heteroatoms. The van der Waals surface area contributed by atoms with E-state index in [2.05, 4.69) is 44.7 Å². The van der Waals surface area contributed by atoms with Gasteiger partial charge in [0, 0.05) is 11.5 Å². The quantitative estimate of drug-likeness (QED) is 0.293. The second-order valence-corrected chi connectivity index (χ2v) is 4.66. The Morgan fingerprint density at radius 3 is 1.67 bits per heavy atom. The van der Waals surface area contributed by atoms with E-state index in [-0.39, 0.29) is 0 Å². The summed E-state index contributed by atoms with van der Waals surface area (Å²) < 4.78 is 0. The highest BCUT2D eigenvalue weighted by atomic mass is 33.1. The standard InChI is InChI=1S/C6H8N2S4/c9-5-7-1-3-11-12-4-2-8-6-10/h1-4H2. The van der Waals surface area contributed by atoms with Crippen LogP contribution in [0.4, 0.5) is 0 Å². The Morgan fingerprint density at radius 2 is 1.33 bits per heavy atom. The van der Waals surface area contributed by atoms with Gasteiger partial charge >= 0.3 is 0 Å². The van der Waals surface area contributed by atoms with Gasteiger partial charge in [-0.2, -0.15) is 0 Å². The molecule has 0 radical (unpaired) electrons. The molecule has 66 valence electrons. The molecule has 0 saturated heterocycles. The molecule has 0 rings (SSSR count). The summed E-state index contributed by atoms with van der Waals surface area (Å²) in [4.78, 5) is 7.57. The van der Waals surface area contributed by atoms with Gasteiger partial charge in [0.25, 0.3) is 0 Å². The van der Waals surface area contributed by atoms with Gasteiger partial charge in [-0.3, -0.25) is 0 Å². The van der Waals surface area contributed by atoms with Crippen LogP contribution in [0.2, 0.25) is 0 Å². The van der Waals surface area contributed by atoms with E-state index in [1.807, 2.05) is 0 Å². The molecular formula is C6H8N2S4. The van der Waals surface area contributed by atoms with Crippen LogP contribution in [-0.2, 0) is 0 Å². The van der Waals surface area contributed by atoms with E-state index in [0.717, 1.165) is 24.6 Å². The molecule has 0 aliphatic heterocycles. The van der Waals surface area contributed by atoms with Crippen LogP contribution in [-0.4, -0.2) is 34.9 Å². The highest BCUT2D eigenvalue weighted by molar-refractivity contribution is 8.76. The Labute approximate surface area is 90.7 Å². The van der Waals surface area contributed by atoms with Crippen LogP contribution in [0.1, 0.15) is 0 Å². The fourth-order valence-electron chi connectivity index (χ4n) is 0.375. The van der Waals surface area contributed by atoms with Gasteiger partial charge in [-0.15, -0.1) is 0 Å². The SMILES string of the molecule is S=C=NCCSSCCN=C=S. The Morgan fingerprint density at radius 1 is 0.917 bits per heavy atom. The van der Waals surface area contributed by atoms with E-state index < -0.39 is 0 Å². The first-order valence-corrected chi connectivity index (χ1v) is 6.54. The zero-order valence-electron chi connectivity index (χ0n) is 6.36. The first-order valence-electron chi connectivity index (χ1n) is 3.23. The van der Waals surface area contributed by atoms with Gasteiger partial charge in [0.1, 0.15) is 0 Å². The van der Waals surface area contributed by atoms with Crippen molar-refractivity contribution in [2.75, 3.05) is 24.6 Å². The number of thiocarbonyl (C=S) groups is 2. The summed E-state index contributed by atoms with van der Waals surface area (Å²) in [7, 11) is 3.52. The number of isothiocyanates is 2. The molecule has 0 heterocycles. The molecule has 0 aromatic rings. The zero-order chi connectivity index (χ0) is 9.07. The predicted octanol–water partition coefficient (Wildman–Crippen LogP) is 2.57. The summed E-state index contributed by atoms with van der Waals surface area (Å²) in [5, 5.41) is 4.64. The van der Waals surface area contributed by atoms with Gasteiger partial charge in [0.2, 0.25) is 0 Å². The lowest BCUT2D eigenvalue weighted by molar-refractivity contribution is 1.16. The van der Waals surface area contributed by atoms with Gasteiger partial charge in [-0.05, 0) is 24.4 Å². The van der Waals surface area contributed by atoms with Crippen LogP contribution in [0.3, 0.4) is 0 Å². The minimum absolute atomic E-state index is 0.748. The monoisotopic (exact) mass is 236 g/mol. The average molecular weight is 236 g/mol. The van der Waals surface area contributed by atoms with Crippen molar-refractivity contribution in [3.8, 4) is 0 Å². The maximum atomic E-state index is 4.42. The first kappa shape index (κ1) is 12.3. The molecule has 2 nitrogen and oxygen atoms in total. The van der Waals surface area contributed by atoms with E-state index in [1.165, 1.54) is 0 Å². The summed E-state index contributed by atoms with van der Waals surface area (Å²) >= 11 is 8.84. The largest absolute Gasteiger partial charge is 0.232 e. The van der Waals surface area contributed by atoms with Crippen LogP contribution >= 0.6 is 46.0 Å². The van der Waals surface area contributed by atoms with Crippen LogP contribution in [0, 0.1) is 0 Å². The second kappa shape index (κ2) is 11.3. The van der Waals surface area contributed by atoms with Crippen LogP contribution in [0.15, 0.2) is 9.98 Å². The number of hydrogen-bond donors (Lipinski definition) is 0. The van der Waals surface area contributed by atoms with Gasteiger partial charge in [0.15, 0.2) is 0 Å². The van der Waals surface area contributed by atoms with Crippen molar-refractivity contribution >= 4 is 56.3 Å². The molecule has 0 unspecified atom stereocenters. The maximum absolute atomic E-state index is 4.42. The van der Waals surface area contributed by atoms with E-state index in [0.29, 0.717) is 0 Å². The summed E-state index contributed by atoms with van der Waals surface area (Å²) in [5.41, 5.74) is 0. The predicted molar refractivity (Wildman–Crippen MR) is 64.7 cm³/mol. The lowest BCUT2D eigenvalue weighted by Gasteiger charge is -1.94.